The minimum absolute atomic E-state index is 0.200. The number of rotatable bonds is 40. The SMILES string of the molecule is CC/C=C\C/C=C\C/C=C\C/C=C\C/C=C\C/C=C\C/C=C\C/C=C\C/C=C\CCCCCCCCCC(=O)NC(COC1OC(CO)C(O)C(O)C1O)C(O)/C=C/CCCCCCC. The summed E-state index contributed by atoms with van der Waals surface area (Å²) in [5.41, 5.74) is 0. The smallest absolute Gasteiger partial charge is 0.220 e. The molecule has 6 N–H and O–H groups in total. The van der Waals surface area contributed by atoms with E-state index in [1.54, 1.807) is 6.08 Å². The first-order valence-corrected chi connectivity index (χ1v) is 25.3. The van der Waals surface area contributed by atoms with E-state index in [0.29, 0.717) is 6.42 Å². The molecule has 1 aliphatic heterocycles. The lowest BCUT2D eigenvalue weighted by Gasteiger charge is -2.40. The van der Waals surface area contributed by atoms with Crippen molar-refractivity contribution in [1.82, 2.24) is 5.32 Å². The summed E-state index contributed by atoms with van der Waals surface area (Å²) < 4.78 is 11.1. The average Bonchev–Trinajstić information content (AvgIpc) is 3.31. The molecule has 0 saturated carbocycles. The molecule has 9 heteroatoms. The molecule has 1 heterocycles. The molecule has 1 saturated heterocycles. The second kappa shape index (κ2) is 44.4. The molecule has 1 fully saturated rings. The normalized spacial score (nSPS) is 21.0. The number of amides is 1. The van der Waals surface area contributed by atoms with Gasteiger partial charge in [-0.1, -0.05) is 193 Å². The van der Waals surface area contributed by atoms with E-state index in [4.69, 9.17) is 9.47 Å². The Bertz CT molecular complexity index is 1420. The third-order valence-electron chi connectivity index (χ3n) is 11.0. The first kappa shape index (κ1) is 59.6. The number of hydrogen-bond donors (Lipinski definition) is 6. The molecule has 0 aromatic heterocycles. The quantitative estimate of drug-likeness (QED) is 0.0263. The van der Waals surface area contributed by atoms with Crippen LogP contribution in [0.1, 0.15) is 168 Å². The Morgan fingerprint density at radius 2 is 0.954 bits per heavy atom. The largest absolute Gasteiger partial charge is 0.394 e. The Balaban J connectivity index is 2.15. The lowest BCUT2D eigenvalue weighted by Crippen LogP contribution is -2.60. The van der Waals surface area contributed by atoms with Gasteiger partial charge in [-0.3, -0.25) is 4.79 Å². The van der Waals surface area contributed by atoms with E-state index in [9.17, 15) is 30.3 Å². The van der Waals surface area contributed by atoms with Crippen molar-refractivity contribution in [2.45, 2.75) is 211 Å². The lowest BCUT2D eigenvalue weighted by atomic mass is 9.99. The molecular weight excluding hydrogens is 815 g/mol. The van der Waals surface area contributed by atoms with Crippen LogP contribution in [-0.2, 0) is 14.3 Å². The van der Waals surface area contributed by atoms with Crippen LogP contribution in [0, 0.1) is 0 Å². The van der Waals surface area contributed by atoms with Crippen LogP contribution >= 0.6 is 0 Å². The number of nitrogens with one attached hydrogen (secondary N) is 1. The highest BCUT2D eigenvalue weighted by molar-refractivity contribution is 5.76. The minimum atomic E-state index is -1.57. The van der Waals surface area contributed by atoms with Crippen LogP contribution in [0.25, 0.3) is 0 Å². The van der Waals surface area contributed by atoms with Crippen LogP contribution in [0.3, 0.4) is 0 Å². The van der Waals surface area contributed by atoms with E-state index in [1.165, 1.54) is 38.5 Å². The topological polar surface area (TPSA) is 149 Å². The van der Waals surface area contributed by atoms with Crippen LogP contribution in [0.15, 0.2) is 122 Å². The molecule has 0 radical (unpaired) electrons. The van der Waals surface area contributed by atoms with Crippen LogP contribution < -0.4 is 5.32 Å². The zero-order chi connectivity index (χ0) is 47.3. The third-order valence-corrected chi connectivity index (χ3v) is 11.0. The molecule has 0 aliphatic carbocycles. The van der Waals surface area contributed by atoms with Gasteiger partial charge in [0, 0.05) is 6.42 Å². The van der Waals surface area contributed by atoms with Crippen molar-refractivity contribution < 1.29 is 39.8 Å². The summed E-state index contributed by atoms with van der Waals surface area (Å²) in [6, 6.07) is -0.816. The molecule has 7 unspecified atom stereocenters. The van der Waals surface area contributed by atoms with Crippen molar-refractivity contribution in [1.29, 1.82) is 0 Å². The molecular formula is C56H91NO8. The summed E-state index contributed by atoms with van der Waals surface area (Å²) in [5.74, 6) is -0.200. The van der Waals surface area contributed by atoms with Crippen molar-refractivity contribution in [3.8, 4) is 0 Å². The van der Waals surface area contributed by atoms with E-state index in [-0.39, 0.29) is 12.5 Å². The first-order chi connectivity index (χ1) is 31.8. The van der Waals surface area contributed by atoms with Crippen LogP contribution in [-0.4, -0.2) is 87.5 Å². The van der Waals surface area contributed by atoms with Crippen molar-refractivity contribution in [3.05, 3.63) is 122 Å². The summed E-state index contributed by atoms with van der Waals surface area (Å²) in [6.07, 6.45) is 60.0. The Morgan fingerprint density at radius 3 is 1.42 bits per heavy atom. The Kier molecular flexibility index (Phi) is 40.7. The molecule has 0 spiro atoms. The van der Waals surface area contributed by atoms with Crippen LogP contribution in [0.4, 0.5) is 0 Å². The van der Waals surface area contributed by atoms with Gasteiger partial charge in [0.15, 0.2) is 6.29 Å². The summed E-state index contributed by atoms with van der Waals surface area (Å²) in [6.45, 7) is 3.56. The van der Waals surface area contributed by atoms with Crippen molar-refractivity contribution in [2.75, 3.05) is 13.2 Å². The number of unbranched alkanes of at least 4 members (excludes halogenated alkanes) is 12. The third kappa shape index (κ3) is 34.5. The lowest BCUT2D eigenvalue weighted by molar-refractivity contribution is -0.302. The molecule has 0 aromatic carbocycles. The number of hydrogen-bond acceptors (Lipinski definition) is 8. The van der Waals surface area contributed by atoms with Crippen molar-refractivity contribution >= 4 is 5.91 Å². The predicted octanol–water partition coefficient (Wildman–Crippen LogP) is 11.6. The van der Waals surface area contributed by atoms with Gasteiger partial charge in [-0.05, 0) is 89.9 Å². The van der Waals surface area contributed by atoms with Gasteiger partial charge >= 0.3 is 0 Å². The van der Waals surface area contributed by atoms with E-state index < -0.39 is 49.5 Å². The fraction of sp³-hybridized carbons (Fsp3) is 0.625. The van der Waals surface area contributed by atoms with E-state index in [2.05, 4.69) is 129 Å². The zero-order valence-corrected chi connectivity index (χ0v) is 40.4. The highest BCUT2D eigenvalue weighted by atomic mass is 16.7. The van der Waals surface area contributed by atoms with Gasteiger partial charge < -0.3 is 40.3 Å². The predicted molar refractivity (Wildman–Crippen MR) is 271 cm³/mol. The van der Waals surface area contributed by atoms with Gasteiger partial charge in [-0.2, -0.15) is 0 Å². The number of ether oxygens (including phenoxy) is 2. The van der Waals surface area contributed by atoms with Gasteiger partial charge in [0.25, 0.3) is 0 Å². The Morgan fingerprint density at radius 1 is 0.538 bits per heavy atom. The maximum Gasteiger partial charge on any atom is 0.220 e. The number of carbonyl (C=O) groups is 1. The van der Waals surface area contributed by atoms with E-state index in [0.717, 1.165) is 109 Å². The maximum absolute atomic E-state index is 12.9. The monoisotopic (exact) mass is 906 g/mol. The first-order valence-electron chi connectivity index (χ1n) is 25.3. The Hall–Kier alpha value is -3.41. The molecule has 65 heavy (non-hydrogen) atoms. The van der Waals surface area contributed by atoms with Gasteiger partial charge in [0.1, 0.15) is 24.4 Å². The van der Waals surface area contributed by atoms with Gasteiger partial charge in [-0.15, -0.1) is 0 Å². The van der Waals surface area contributed by atoms with Gasteiger partial charge in [-0.25, -0.2) is 0 Å². The number of aliphatic hydroxyl groups is 5. The van der Waals surface area contributed by atoms with Crippen LogP contribution in [0.2, 0.25) is 0 Å². The molecule has 0 bridgehead atoms. The average molecular weight is 906 g/mol. The second-order valence-electron chi connectivity index (χ2n) is 16.9. The number of aliphatic hydroxyl groups excluding tert-OH is 5. The summed E-state index contributed by atoms with van der Waals surface area (Å²) in [7, 11) is 0. The van der Waals surface area contributed by atoms with Crippen molar-refractivity contribution in [2.24, 2.45) is 0 Å². The van der Waals surface area contributed by atoms with Gasteiger partial charge in [0.05, 0.1) is 25.4 Å². The fourth-order valence-electron chi connectivity index (χ4n) is 7.03. The highest BCUT2D eigenvalue weighted by Crippen LogP contribution is 2.22. The summed E-state index contributed by atoms with van der Waals surface area (Å²) >= 11 is 0. The maximum atomic E-state index is 12.9. The molecule has 368 valence electrons. The second-order valence-corrected chi connectivity index (χ2v) is 16.9. The molecule has 7 atom stereocenters. The number of carbonyl (C=O) groups excluding carboxylic acids is 1. The molecule has 1 rings (SSSR count). The fourth-order valence-corrected chi connectivity index (χ4v) is 7.03. The molecule has 9 nitrogen and oxygen atoms in total. The minimum Gasteiger partial charge on any atom is -0.394 e. The van der Waals surface area contributed by atoms with Crippen LogP contribution in [0.5, 0.6) is 0 Å². The molecule has 1 amide bonds. The molecule has 1 aliphatic rings. The summed E-state index contributed by atoms with van der Waals surface area (Å²) in [4.78, 5) is 12.9. The van der Waals surface area contributed by atoms with E-state index in [1.807, 2.05) is 6.08 Å². The number of allylic oxidation sites excluding steroid dienone is 19. The molecule has 0 aromatic rings. The van der Waals surface area contributed by atoms with Gasteiger partial charge in [0.2, 0.25) is 5.91 Å². The standard InChI is InChI=1S/C56H91NO8/c1-3-5-7-9-11-12-13-14-15-16-17-18-19-20-21-22-23-24-25-26-27-28-29-30-31-32-33-34-35-36-37-38-40-42-44-46-52(60)57-49(50(59)45-43-41-39-10-8-6-4-2)48-64-56-55(63)54(62)53(61)51(47-58)65-56/h5,7,11-12,14-15,17-18,20-21,23-24,26-27,29-30,32-33,43,45,49-51,53-56,58-59,61-63H,3-4,6,8-10,13,16,19,22,25,28,31,34-42,44,46-48H2,1-2H3,(H,57,60)/b7-5-,12-11-,15-14-,18-17-,21-20-,24-23-,27-26-,30-29-,33-32-,45-43+. The summed E-state index contributed by atoms with van der Waals surface area (Å²) in [5, 5.41) is 53.9. The highest BCUT2D eigenvalue weighted by Gasteiger charge is 2.44. The Labute approximate surface area is 395 Å². The zero-order valence-electron chi connectivity index (χ0n) is 40.4. The van der Waals surface area contributed by atoms with Crippen molar-refractivity contribution in [3.63, 3.8) is 0 Å². The van der Waals surface area contributed by atoms with E-state index >= 15 is 0 Å².